The van der Waals surface area contributed by atoms with E-state index in [1.165, 1.54) is 0 Å². The minimum atomic E-state index is 0.238. The third-order valence-corrected chi connectivity index (χ3v) is 1.97. The third kappa shape index (κ3) is 1.46. The minimum absolute atomic E-state index is 0.238. The van der Waals surface area contributed by atoms with Crippen molar-refractivity contribution in [2.45, 2.75) is 13.8 Å². The van der Waals surface area contributed by atoms with Gasteiger partial charge in [-0.1, -0.05) is 5.16 Å². The highest BCUT2D eigenvalue weighted by molar-refractivity contribution is 5.59. The van der Waals surface area contributed by atoms with Crippen LogP contribution in [0.2, 0.25) is 0 Å². The zero-order chi connectivity index (χ0) is 10.1. The summed E-state index contributed by atoms with van der Waals surface area (Å²) >= 11 is 0. The molecule has 2 rings (SSSR count). The van der Waals surface area contributed by atoms with E-state index in [9.17, 15) is 5.11 Å². The first kappa shape index (κ1) is 8.74. The van der Waals surface area contributed by atoms with Gasteiger partial charge in [-0.25, -0.2) is 0 Å². The Hall–Kier alpha value is -1.84. The first-order chi connectivity index (χ1) is 6.66. The molecular formula is C10H10N2O2. The molecule has 0 atom stereocenters. The molecule has 0 saturated heterocycles. The van der Waals surface area contributed by atoms with Gasteiger partial charge in [0, 0.05) is 5.56 Å². The van der Waals surface area contributed by atoms with E-state index in [0.29, 0.717) is 11.7 Å². The SMILES string of the molecule is Cc1noc(-c2ccc(O)cc2C)n1. The standard InChI is InChI=1S/C10H10N2O2/c1-6-5-8(13)3-4-9(6)10-11-7(2)12-14-10/h3-5,13H,1-2H3. The Morgan fingerprint density at radius 1 is 1.29 bits per heavy atom. The minimum Gasteiger partial charge on any atom is -0.508 e. The second kappa shape index (κ2) is 3.14. The summed E-state index contributed by atoms with van der Waals surface area (Å²) in [7, 11) is 0. The summed E-state index contributed by atoms with van der Waals surface area (Å²) in [6.45, 7) is 3.65. The lowest BCUT2D eigenvalue weighted by Gasteiger charge is -2.00. The number of hydrogen-bond acceptors (Lipinski definition) is 4. The lowest BCUT2D eigenvalue weighted by atomic mass is 10.1. The van der Waals surface area contributed by atoms with Crippen molar-refractivity contribution in [1.29, 1.82) is 0 Å². The number of benzene rings is 1. The van der Waals surface area contributed by atoms with Gasteiger partial charge in [-0.05, 0) is 37.6 Å². The van der Waals surface area contributed by atoms with E-state index in [-0.39, 0.29) is 5.75 Å². The smallest absolute Gasteiger partial charge is 0.258 e. The highest BCUT2D eigenvalue weighted by atomic mass is 16.5. The van der Waals surface area contributed by atoms with Crippen LogP contribution in [0.15, 0.2) is 22.7 Å². The molecule has 0 aliphatic heterocycles. The quantitative estimate of drug-likeness (QED) is 0.747. The van der Waals surface area contributed by atoms with E-state index >= 15 is 0 Å². The van der Waals surface area contributed by atoms with Crippen molar-refractivity contribution in [3.63, 3.8) is 0 Å². The van der Waals surface area contributed by atoms with E-state index in [4.69, 9.17) is 4.52 Å². The number of nitrogens with zero attached hydrogens (tertiary/aromatic N) is 2. The normalized spacial score (nSPS) is 10.4. The van der Waals surface area contributed by atoms with Gasteiger partial charge >= 0.3 is 0 Å². The van der Waals surface area contributed by atoms with Crippen molar-refractivity contribution in [2.24, 2.45) is 0 Å². The van der Waals surface area contributed by atoms with Crippen molar-refractivity contribution in [3.8, 4) is 17.2 Å². The maximum Gasteiger partial charge on any atom is 0.258 e. The molecule has 0 unspecified atom stereocenters. The monoisotopic (exact) mass is 190 g/mol. The molecule has 0 radical (unpaired) electrons. The fourth-order valence-electron chi connectivity index (χ4n) is 1.29. The van der Waals surface area contributed by atoms with Gasteiger partial charge in [0.1, 0.15) is 5.75 Å². The van der Waals surface area contributed by atoms with Crippen LogP contribution < -0.4 is 0 Å². The predicted octanol–water partition coefficient (Wildman–Crippen LogP) is 2.06. The van der Waals surface area contributed by atoms with E-state index in [1.54, 1.807) is 25.1 Å². The Balaban J connectivity index is 2.52. The molecular weight excluding hydrogens is 180 g/mol. The summed E-state index contributed by atoms with van der Waals surface area (Å²) < 4.78 is 5.03. The molecule has 4 nitrogen and oxygen atoms in total. The zero-order valence-electron chi connectivity index (χ0n) is 7.98. The Kier molecular flexibility index (Phi) is 1.96. The number of aromatic nitrogens is 2. The molecule has 0 spiro atoms. The Morgan fingerprint density at radius 3 is 2.64 bits per heavy atom. The second-order valence-corrected chi connectivity index (χ2v) is 3.15. The lowest BCUT2D eigenvalue weighted by molar-refractivity contribution is 0.425. The van der Waals surface area contributed by atoms with Crippen LogP contribution in [0.25, 0.3) is 11.5 Å². The molecule has 0 aliphatic carbocycles. The van der Waals surface area contributed by atoms with Crippen molar-refractivity contribution in [3.05, 3.63) is 29.6 Å². The summed E-state index contributed by atoms with van der Waals surface area (Å²) in [4.78, 5) is 4.11. The molecule has 0 bridgehead atoms. The number of aromatic hydroxyl groups is 1. The number of aryl methyl sites for hydroxylation is 2. The summed E-state index contributed by atoms with van der Waals surface area (Å²) in [5.41, 5.74) is 1.76. The average Bonchev–Trinajstić information content (AvgIpc) is 2.51. The van der Waals surface area contributed by atoms with Crippen molar-refractivity contribution >= 4 is 0 Å². The molecule has 2 aromatic rings. The van der Waals surface area contributed by atoms with Crippen LogP contribution in [-0.2, 0) is 0 Å². The van der Waals surface area contributed by atoms with Gasteiger partial charge in [0.05, 0.1) is 0 Å². The molecule has 1 N–H and O–H groups in total. The Labute approximate surface area is 81.2 Å². The molecule has 0 fully saturated rings. The Morgan fingerprint density at radius 2 is 2.07 bits per heavy atom. The maximum atomic E-state index is 9.22. The molecule has 14 heavy (non-hydrogen) atoms. The van der Waals surface area contributed by atoms with E-state index < -0.39 is 0 Å². The topological polar surface area (TPSA) is 59.2 Å². The van der Waals surface area contributed by atoms with Gasteiger partial charge in [0.15, 0.2) is 5.82 Å². The first-order valence-corrected chi connectivity index (χ1v) is 4.27. The van der Waals surface area contributed by atoms with Crippen LogP contribution in [0.1, 0.15) is 11.4 Å². The van der Waals surface area contributed by atoms with Crippen LogP contribution in [0.4, 0.5) is 0 Å². The van der Waals surface area contributed by atoms with Crippen molar-refractivity contribution in [1.82, 2.24) is 10.1 Å². The predicted molar refractivity (Wildman–Crippen MR) is 50.9 cm³/mol. The summed E-state index contributed by atoms with van der Waals surface area (Å²) in [6, 6.07) is 5.02. The van der Waals surface area contributed by atoms with E-state index in [1.807, 2.05) is 6.92 Å². The van der Waals surface area contributed by atoms with Gasteiger partial charge in [-0.3, -0.25) is 0 Å². The van der Waals surface area contributed by atoms with Crippen LogP contribution in [0, 0.1) is 13.8 Å². The van der Waals surface area contributed by atoms with Crippen molar-refractivity contribution in [2.75, 3.05) is 0 Å². The number of phenols is 1. The zero-order valence-corrected chi connectivity index (χ0v) is 7.98. The van der Waals surface area contributed by atoms with Gasteiger partial charge in [0.2, 0.25) is 0 Å². The van der Waals surface area contributed by atoms with Crippen LogP contribution >= 0.6 is 0 Å². The second-order valence-electron chi connectivity index (χ2n) is 3.15. The molecule has 1 aromatic heterocycles. The molecule has 0 amide bonds. The summed E-state index contributed by atoms with van der Waals surface area (Å²) in [5, 5.41) is 12.9. The molecule has 0 aliphatic rings. The van der Waals surface area contributed by atoms with Crippen molar-refractivity contribution < 1.29 is 9.63 Å². The van der Waals surface area contributed by atoms with E-state index in [2.05, 4.69) is 10.1 Å². The van der Waals surface area contributed by atoms with Gasteiger partial charge in [-0.2, -0.15) is 4.98 Å². The fourth-order valence-corrected chi connectivity index (χ4v) is 1.29. The summed E-state index contributed by atoms with van der Waals surface area (Å²) in [5.74, 6) is 1.33. The van der Waals surface area contributed by atoms with Gasteiger partial charge in [0.25, 0.3) is 5.89 Å². The fraction of sp³-hybridized carbons (Fsp3) is 0.200. The number of hydrogen-bond donors (Lipinski definition) is 1. The van der Waals surface area contributed by atoms with Crippen LogP contribution in [-0.4, -0.2) is 15.2 Å². The van der Waals surface area contributed by atoms with Gasteiger partial charge < -0.3 is 9.63 Å². The molecule has 1 heterocycles. The molecule has 72 valence electrons. The van der Waals surface area contributed by atoms with Crippen LogP contribution in [0.5, 0.6) is 5.75 Å². The van der Waals surface area contributed by atoms with Crippen LogP contribution in [0.3, 0.4) is 0 Å². The highest BCUT2D eigenvalue weighted by Gasteiger charge is 2.08. The first-order valence-electron chi connectivity index (χ1n) is 4.27. The largest absolute Gasteiger partial charge is 0.508 e. The van der Waals surface area contributed by atoms with Gasteiger partial charge in [-0.15, -0.1) is 0 Å². The Bertz CT molecular complexity index is 463. The highest BCUT2D eigenvalue weighted by Crippen LogP contribution is 2.24. The molecule has 1 aromatic carbocycles. The average molecular weight is 190 g/mol. The number of rotatable bonds is 1. The maximum absolute atomic E-state index is 9.22. The number of phenolic OH excluding ortho intramolecular Hbond substituents is 1. The summed E-state index contributed by atoms with van der Waals surface area (Å²) in [6.07, 6.45) is 0. The molecule has 0 saturated carbocycles. The lowest BCUT2D eigenvalue weighted by Crippen LogP contribution is -1.83. The van der Waals surface area contributed by atoms with E-state index in [0.717, 1.165) is 11.1 Å². The molecule has 4 heteroatoms. The third-order valence-electron chi connectivity index (χ3n) is 1.97.